The zero-order chi connectivity index (χ0) is 13.8. The molecule has 0 aromatic heterocycles. The second-order valence-electron chi connectivity index (χ2n) is 4.51. The van der Waals surface area contributed by atoms with Gasteiger partial charge >= 0.3 is 5.97 Å². The first-order valence-electron chi connectivity index (χ1n) is 6.28. The predicted molar refractivity (Wildman–Crippen MR) is 72.1 cm³/mol. The fourth-order valence-corrected chi connectivity index (χ4v) is 2.56. The van der Waals surface area contributed by atoms with Crippen molar-refractivity contribution in [1.29, 1.82) is 0 Å². The van der Waals surface area contributed by atoms with E-state index in [0.29, 0.717) is 23.6 Å². The number of rotatable bonds is 2. The number of amides is 1. The fourth-order valence-electron chi connectivity index (χ4n) is 2.35. The summed E-state index contributed by atoms with van der Waals surface area (Å²) in [5.41, 5.74) is 0.431. The highest BCUT2D eigenvalue weighted by atomic mass is 35.5. The predicted octanol–water partition coefficient (Wildman–Crippen LogP) is 2.51. The van der Waals surface area contributed by atoms with Gasteiger partial charge in [-0.1, -0.05) is 23.7 Å². The summed E-state index contributed by atoms with van der Waals surface area (Å²) >= 11 is 6.04. The highest BCUT2D eigenvalue weighted by molar-refractivity contribution is 6.33. The van der Waals surface area contributed by atoms with Gasteiger partial charge in [-0.3, -0.25) is 4.79 Å². The summed E-state index contributed by atoms with van der Waals surface area (Å²) in [5, 5.41) is 0.404. The molecular weight excluding hydrogens is 266 g/mol. The SMILES string of the molecule is COC(=O)[C@H]1CCCCN1C(=O)c1ccccc1Cl. The first-order chi connectivity index (χ1) is 9.15. The van der Waals surface area contributed by atoms with E-state index in [1.807, 2.05) is 0 Å². The summed E-state index contributed by atoms with van der Waals surface area (Å²) in [6, 6.07) is 6.38. The van der Waals surface area contributed by atoms with Gasteiger partial charge in [-0.15, -0.1) is 0 Å². The maximum Gasteiger partial charge on any atom is 0.328 e. The monoisotopic (exact) mass is 281 g/mol. The molecule has 1 saturated heterocycles. The lowest BCUT2D eigenvalue weighted by molar-refractivity contribution is -0.147. The van der Waals surface area contributed by atoms with Crippen molar-refractivity contribution in [3.63, 3.8) is 0 Å². The second-order valence-corrected chi connectivity index (χ2v) is 4.92. The van der Waals surface area contributed by atoms with Crippen LogP contribution in [0.3, 0.4) is 0 Å². The van der Waals surface area contributed by atoms with Crippen LogP contribution in [0.4, 0.5) is 0 Å². The van der Waals surface area contributed by atoms with Gasteiger partial charge in [0.05, 0.1) is 17.7 Å². The summed E-state index contributed by atoms with van der Waals surface area (Å²) in [6.45, 7) is 0.559. The molecule has 0 unspecified atom stereocenters. The highest BCUT2D eigenvalue weighted by Gasteiger charge is 2.33. The molecule has 19 heavy (non-hydrogen) atoms. The Hall–Kier alpha value is -1.55. The Morgan fingerprint density at radius 3 is 2.74 bits per heavy atom. The van der Waals surface area contributed by atoms with Crippen molar-refractivity contribution < 1.29 is 14.3 Å². The van der Waals surface area contributed by atoms with Crippen molar-refractivity contribution in [2.75, 3.05) is 13.7 Å². The van der Waals surface area contributed by atoms with Crippen molar-refractivity contribution >= 4 is 23.5 Å². The molecule has 1 atom stereocenters. The maximum atomic E-state index is 12.5. The van der Waals surface area contributed by atoms with Gasteiger partial charge < -0.3 is 9.64 Å². The molecule has 5 heteroatoms. The lowest BCUT2D eigenvalue weighted by Gasteiger charge is -2.34. The summed E-state index contributed by atoms with van der Waals surface area (Å²) in [4.78, 5) is 25.8. The van der Waals surface area contributed by atoms with Crippen LogP contribution in [-0.2, 0) is 9.53 Å². The number of hydrogen-bond acceptors (Lipinski definition) is 3. The number of halogens is 1. The number of likely N-dealkylation sites (tertiary alicyclic amines) is 1. The molecule has 1 aromatic carbocycles. The number of methoxy groups -OCH3 is 1. The Kier molecular flexibility index (Phi) is 4.43. The minimum absolute atomic E-state index is 0.208. The standard InChI is InChI=1S/C14H16ClNO3/c1-19-14(18)12-8-4-5-9-16(12)13(17)10-6-2-3-7-11(10)15/h2-3,6-7,12H,4-5,8-9H2,1H3/t12-/m1/s1. The number of esters is 1. The third-order valence-electron chi connectivity index (χ3n) is 3.34. The van der Waals surface area contributed by atoms with Crippen molar-refractivity contribution in [2.45, 2.75) is 25.3 Å². The van der Waals surface area contributed by atoms with E-state index in [4.69, 9.17) is 16.3 Å². The lowest BCUT2D eigenvalue weighted by Crippen LogP contribution is -2.48. The van der Waals surface area contributed by atoms with Gasteiger partial charge in [0.1, 0.15) is 6.04 Å². The van der Waals surface area contributed by atoms with E-state index in [1.165, 1.54) is 7.11 Å². The van der Waals surface area contributed by atoms with Gasteiger partial charge in [-0.2, -0.15) is 0 Å². The molecule has 1 aromatic rings. The zero-order valence-corrected chi connectivity index (χ0v) is 11.5. The molecular formula is C14H16ClNO3. The smallest absolute Gasteiger partial charge is 0.328 e. The van der Waals surface area contributed by atoms with Crippen LogP contribution in [0.2, 0.25) is 5.02 Å². The van der Waals surface area contributed by atoms with Gasteiger partial charge in [0.15, 0.2) is 0 Å². The number of hydrogen-bond donors (Lipinski definition) is 0. The highest BCUT2D eigenvalue weighted by Crippen LogP contribution is 2.23. The molecule has 1 aliphatic heterocycles. The van der Waals surface area contributed by atoms with Gasteiger partial charge in [0, 0.05) is 6.54 Å². The average molecular weight is 282 g/mol. The molecule has 0 radical (unpaired) electrons. The molecule has 1 aliphatic rings. The van der Waals surface area contributed by atoms with E-state index < -0.39 is 6.04 Å². The third-order valence-corrected chi connectivity index (χ3v) is 3.67. The minimum Gasteiger partial charge on any atom is -0.467 e. The normalized spacial score (nSPS) is 19.1. The number of carbonyl (C=O) groups excluding carboxylic acids is 2. The van der Waals surface area contributed by atoms with Crippen LogP contribution in [0.15, 0.2) is 24.3 Å². The number of piperidine rings is 1. The molecule has 2 rings (SSSR count). The van der Waals surface area contributed by atoms with Crippen molar-refractivity contribution in [1.82, 2.24) is 4.90 Å². The number of nitrogens with zero attached hydrogens (tertiary/aromatic N) is 1. The van der Waals surface area contributed by atoms with Gasteiger partial charge in [-0.25, -0.2) is 4.79 Å². The summed E-state index contributed by atoms with van der Waals surface area (Å²) in [7, 11) is 1.34. The minimum atomic E-state index is -0.498. The van der Waals surface area contributed by atoms with Gasteiger partial charge in [-0.05, 0) is 31.4 Å². The summed E-state index contributed by atoms with van der Waals surface area (Å²) < 4.78 is 4.77. The second kappa shape index (κ2) is 6.06. The molecule has 102 valence electrons. The van der Waals surface area contributed by atoms with Crippen LogP contribution >= 0.6 is 11.6 Å². The van der Waals surface area contributed by atoms with E-state index >= 15 is 0 Å². The maximum absolute atomic E-state index is 12.5. The Morgan fingerprint density at radius 1 is 1.32 bits per heavy atom. The average Bonchev–Trinajstić information content (AvgIpc) is 2.46. The fraction of sp³-hybridized carbons (Fsp3) is 0.429. The van der Waals surface area contributed by atoms with Crippen molar-refractivity contribution in [3.8, 4) is 0 Å². The zero-order valence-electron chi connectivity index (χ0n) is 10.8. The molecule has 0 aliphatic carbocycles. The van der Waals surface area contributed by atoms with Crippen LogP contribution in [0.1, 0.15) is 29.6 Å². The number of benzene rings is 1. The van der Waals surface area contributed by atoms with Crippen LogP contribution in [0, 0.1) is 0 Å². The van der Waals surface area contributed by atoms with Crippen LogP contribution in [-0.4, -0.2) is 36.5 Å². The molecule has 1 fully saturated rings. The van der Waals surface area contributed by atoms with Crippen LogP contribution in [0.25, 0.3) is 0 Å². The quantitative estimate of drug-likeness (QED) is 0.783. The Morgan fingerprint density at radius 2 is 2.05 bits per heavy atom. The van der Waals surface area contributed by atoms with Crippen LogP contribution in [0.5, 0.6) is 0 Å². The van der Waals surface area contributed by atoms with E-state index in [0.717, 1.165) is 12.8 Å². The molecule has 1 amide bonds. The summed E-state index contributed by atoms with van der Waals surface area (Å²) in [5.74, 6) is -0.569. The van der Waals surface area contributed by atoms with Crippen molar-refractivity contribution in [2.24, 2.45) is 0 Å². The summed E-state index contributed by atoms with van der Waals surface area (Å²) in [6.07, 6.45) is 2.46. The van der Waals surface area contributed by atoms with E-state index in [1.54, 1.807) is 29.2 Å². The molecule has 1 heterocycles. The molecule has 0 spiro atoms. The van der Waals surface area contributed by atoms with Crippen LogP contribution < -0.4 is 0 Å². The van der Waals surface area contributed by atoms with E-state index in [2.05, 4.69) is 0 Å². The first kappa shape index (κ1) is 13.9. The molecule has 0 saturated carbocycles. The van der Waals surface area contributed by atoms with Crippen molar-refractivity contribution in [3.05, 3.63) is 34.9 Å². The first-order valence-corrected chi connectivity index (χ1v) is 6.66. The Labute approximate surface area is 117 Å². The molecule has 4 nitrogen and oxygen atoms in total. The van der Waals surface area contributed by atoms with Gasteiger partial charge in [0.2, 0.25) is 0 Å². The number of ether oxygens (including phenoxy) is 1. The topological polar surface area (TPSA) is 46.6 Å². The molecule has 0 N–H and O–H groups in total. The Balaban J connectivity index is 2.25. The van der Waals surface area contributed by atoms with E-state index in [9.17, 15) is 9.59 Å². The largest absolute Gasteiger partial charge is 0.467 e. The van der Waals surface area contributed by atoms with E-state index in [-0.39, 0.29) is 11.9 Å². The van der Waals surface area contributed by atoms with Gasteiger partial charge in [0.25, 0.3) is 5.91 Å². The Bertz CT molecular complexity index is 489. The lowest BCUT2D eigenvalue weighted by atomic mass is 10.0. The third kappa shape index (κ3) is 2.89. The molecule has 0 bridgehead atoms. The number of carbonyl (C=O) groups is 2.